The molecule has 7 heteroatoms. The van der Waals surface area contributed by atoms with Gasteiger partial charge in [0.15, 0.2) is 0 Å². The summed E-state index contributed by atoms with van der Waals surface area (Å²) in [5, 5.41) is 3.92. The predicted molar refractivity (Wildman–Crippen MR) is 66.5 cm³/mol. The molecule has 3 aromatic heterocycles. The number of rotatable bonds is 3. The molecule has 2 N–H and O–H groups in total. The monoisotopic (exact) mass is 259 g/mol. The fourth-order valence-electron chi connectivity index (χ4n) is 1.49. The smallest absolute Gasteiger partial charge is 0.258 e. The second kappa shape index (κ2) is 4.63. The van der Waals surface area contributed by atoms with Crippen molar-refractivity contribution in [3.05, 3.63) is 35.7 Å². The molecule has 0 saturated carbocycles. The highest BCUT2D eigenvalue weighted by molar-refractivity contribution is 7.13. The van der Waals surface area contributed by atoms with E-state index in [1.54, 1.807) is 17.9 Å². The summed E-state index contributed by atoms with van der Waals surface area (Å²) in [6, 6.07) is 3.65. The zero-order valence-electron chi connectivity index (χ0n) is 9.28. The molecule has 0 radical (unpaired) electrons. The van der Waals surface area contributed by atoms with Crippen LogP contribution in [0.25, 0.3) is 22.2 Å². The van der Waals surface area contributed by atoms with Crippen molar-refractivity contribution in [1.29, 1.82) is 0 Å². The van der Waals surface area contributed by atoms with Crippen LogP contribution < -0.4 is 5.73 Å². The van der Waals surface area contributed by atoms with E-state index in [0.717, 1.165) is 16.1 Å². The predicted octanol–water partition coefficient (Wildman–Crippen LogP) is 1.71. The minimum atomic E-state index is 0.379. The van der Waals surface area contributed by atoms with Crippen LogP contribution in [0.4, 0.5) is 0 Å². The number of hydrogen-bond acceptors (Lipinski definition) is 7. The van der Waals surface area contributed by atoms with Crippen molar-refractivity contribution in [2.45, 2.75) is 6.54 Å². The molecule has 0 amide bonds. The first kappa shape index (κ1) is 11.0. The molecular formula is C11H9N5OS. The highest BCUT2D eigenvalue weighted by atomic mass is 32.1. The second-order valence-corrected chi connectivity index (χ2v) is 4.42. The molecule has 18 heavy (non-hydrogen) atoms. The Kier molecular flexibility index (Phi) is 2.83. The molecule has 0 bridgehead atoms. The van der Waals surface area contributed by atoms with Gasteiger partial charge in [0.1, 0.15) is 0 Å². The number of aromatic nitrogens is 4. The lowest BCUT2D eigenvalue weighted by molar-refractivity contribution is 0.432. The van der Waals surface area contributed by atoms with Crippen LogP contribution in [0, 0.1) is 0 Å². The standard InChI is InChI=1S/C11H9N5OS/c12-4-8-3-7(1-2-14-8)11-15-10(16-17-11)9-5-13-6-18-9/h1-3,5-6H,4,12H2. The van der Waals surface area contributed by atoms with Crippen molar-refractivity contribution in [2.24, 2.45) is 5.73 Å². The number of thiazole rings is 1. The van der Waals surface area contributed by atoms with Crippen LogP contribution >= 0.6 is 11.3 Å². The summed E-state index contributed by atoms with van der Waals surface area (Å²) in [7, 11) is 0. The van der Waals surface area contributed by atoms with Gasteiger partial charge in [-0.05, 0) is 12.1 Å². The van der Waals surface area contributed by atoms with Gasteiger partial charge in [-0.15, -0.1) is 11.3 Å². The third kappa shape index (κ3) is 2.01. The maximum atomic E-state index is 5.54. The lowest BCUT2D eigenvalue weighted by Gasteiger charge is -1.97. The van der Waals surface area contributed by atoms with Gasteiger partial charge in [-0.3, -0.25) is 9.97 Å². The van der Waals surface area contributed by atoms with Gasteiger partial charge in [0.25, 0.3) is 5.89 Å². The molecule has 0 aliphatic rings. The molecule has 0 fully saturated rings. The van der Waals surface area contributed by atoms with E-state index in [1.807, 2.05) is 12.1 Å². The van der Waals surface area contributed by atoms with Crippen LogP contribution in [0.15, 0.2) is 34.6 Å². The average molecular weight is 259 g/mol. The minimum Gasteiger partial charge on any atom is -0.334 e. The van der Waals surface area contributed by atoms with Crippen molar-refractivity contribution in [3.63, 3.8) is 0 Å². The average Bonchev–Trinajstić information content (AvgIpc) is 3.09. The molecule has 0 spiro atoms. The minimum absolute atomic E-state index is 0.379. The highest BCUT2D eigenvalue weighted by Crippen LogP contribution is 2.24. The maximum absolute atomic E-state index is 5.54. The van der Waals surface area contributed by atoms with Gasteiger partial charge in [-0.2, -0.15) is 4.98 Å². The van der Waals surface area contributed by atoms with E-state index in [2.05, 4.69) is 20.1 Å². The van der Waals surface area contributed by atoms with Gasteiger partial charge in [-0.25, -0.2) is 0 Å². The largest absolute Gasteiger partial charge is 0.334 e. The van der Waals surface area contributed by atoms with Crippen LogP contribution in [0.3, 0.4) is 0 Å². The quantitative estimate of drug-likeness (QED) is 0.770. The zero-order valence-corrected chi connectivity index (χ0v) is 10.1. The maximum Gasteiger partial charge on any atom is 0.258 e. The van der Waals surface area contributed by atoms with Crippen LogP contribution in [0.1, 0.15) is 5.69 Å². The number of pyridine rings is 1. The molecule has 0 atom stereocenters. The van der Waals surface area contributed by atoms with Crippen LogP contribution in [0.2, 0.25) is 0 Å². The Labute approximate surface area is 107 Å². The SMILES string of the molecule is NCc1cc(-c2nc(-c3cncs3)no2)ccn1. The Morgan fingerprint density at radius 1 is 1.39 bits per heavy atom. The Balaban J connectivity index is 1.97. The van der Waals surface area contributed by atoms with E-state index in [0.29, 0.717) is 18.3 Å². The van der Waals surface area contributed by atoms with E-state index < -0.39 is 0 Å². The molecule has 3 rings (SSSR count). The summed E-state index contributed by atoms with van der Waals surface area (Å²) >= 11 is 1.46. The molecule has 0 aliphatic heterocycles. The lowest BCUT2D eigenvalue weighted by Crippen LogP contribution is -1.98. The summed E-state index contributed by atoms with van der Waals surface area (Å²) < 4.78 is 5.22. The third-order valence-corrected chi connectivity index (χ3v) is 3.12. The number of nitrogens with two attached hydrogens (primary N) is 1. The van der Waals surface area contributed by atoms with Crippen molar-refractivity contribution < 1.29 is 4.52 Å². The summed E-state index contributed by atoms with van der Waals surface area (Å²) in [4.78, 5) is 13.3. The summed E-state index contributed by atoms with van der Waals surface area (Å²) in [6.45, 7) is 0.379. The van der Waals surface area contributed by atoms with Crippen LogP contribution in [0.5, 0.6) is 0 Å². The Hall–Kier alpha value is -2.12. The van der Waals surface area contributed by atoms with Crippen molar-refractivity contribution in [1.82, 2.24) is 20.1 Å². The molecular weight excluding hydrogens is 250 g/mol. The summed E-state index contributed by atoms with van der Waals surface area (Å²) in [6.07, 6.45) is 3.38. The zero-order chi connectivity index (χ0) is 12.4. The van der Waals surface area contributed by atoms with E-state index in [4.69, 9.17) is 10.3 Å². The van der Waals surface area contributed by atoms with Crippen LogP contribution in [-0.2, 0) is 6.54 Å². The van der Waals surface area contributed by atoms with Gasteiger partial charge < -0.3 is 10.3 Å². The number of nitrogens with zero attached hydrogens (tertiary/aromatic N) is 4. The van der Waals surface area contributed by atoms with Gasteiger partial charge in [0.2, 0.25) is 5.82 Å². The van der Waals surface area contributed by atoms with Crippen molar-refractivity contribution in [3.8, 4) is 22.2 Å². The first-order valence-corrected chi connectivity index (χ1v) is 6.13. The third-order valence-electron chi connectivity index (χ3n) is 2.35. The fourth-order valence-corrected chi connectivity index (χ4v) is 2.04. The van der Waals surface area contributed by atoms with Crippen LogP contribution in [-0.4, -0.2) is 20.1 Å². The second-order valence-electron chi connectivity index (χ2n) is 3.53. The first-order chi connectivity index (χ1) is 8.86. The van der Waals surface area contributed by atoms with E-state index in [1.165, 1.54) is 11.3 Å². The molecule has 0 unspecified atom stereocenters. The van der Waals surface area contributed by atoms with E-state index >= 15 is 0 Å². The molecule has 90 valence electrons. The summed E-state index contributed by atoms with van der Waals surface area (Å²) in [5.74, 6) is 0.995. The Morgan fingerprint density at radius 3 is 3.11 bits per heavy atom. The molecule has 0 saturated heterocycles. The number of hydrogen-bond donors (Lipinski definition) is 1. The Morgan fingerprint density at radius 2 is 2.33 bits per heavy atom. The normalized spacial score (nSPS) is 10.7. The lowest BCUT2D eigenvalue weighted by atomic mass is 10.2. The molecule has 0 aromatic carbocycles. The fraction of sp³-hybridized carbons (Fsp3) is 0.0909. The first-order valence-electron chi connectivity index (χ1n) is 5.25. The Bertz CT molecular complexity index is 649. The van der Waals surface area contributed by atoms with E-state index in [-0.39, 0.29) is 0 Å². The topological polar surface area (TPSA) is 90.7 Å². The molecule has 3 aromatic rings. The van der Waals surface area contributed by atoms with Gasteiger partial charge in [-0.1, -0.05) is 5.16 Å². The van der Waals surface area contributed by atoms with Gasteiger partial charge >= 0.3 is 0 Å². The molecule has 3 heterocycles. The van der Waals surface area contributed by atoms with E-state index in [9.17, 15) is 0 Å². The van der Waals surface area contributed by atoms with Gasteiger partial charge in [0.05, 0.1) is 16.1 Å². The van der Waals surface area contributed by atoms with Crippen molar-refractivity contribution in [2.75, 3.05) is 0 Å². The van der Waals surface area contributed by atoms with Crippen molar-refractivity contribution >= 4 is 11.3 Å². The molecule has 6 nitrogen and oxygen atoms in total. The van der Waals surface area contributed by atoms with Gasteiger partial charge in [0, 0.05) is 24.5 Å². The highest BCUT2D eigenvalue weighted by Gasteiger charge is 2.11. The summed E-state index contributed by atoms with van der Waals surface area (Å²) in [5.41, 5.74) is 8.87. The molecule has 0 aliphatic carbocycles.